The van der Waals surface area contributed by atoms with Gasteiger partial charge in [-0.05, 0) is 24.5 Å². The minimum absolute atomic E-state index is 0.105. The van der Waals surface area contributed by atoms with E-state index in [1.807, 2.05) is 30.3 Å². The normalized spacial score (nSPS) is 10.5. The van der Waals surface area contributed by atoms with Crippen LogP contribution in [-0.4, -0.2) is 21.2 Å². The number of nitrogens with two attached hydrogens (primary N) is 1. The minimum Gasteiger partial charge on any atom is -0.366 e. The van der Waals surface area contributed by atoms with E-state index in [4.69, 9.17) is 5.73 Å². The Morgan fingerprint density at radius 1 is 1.04 bits per heavy atom. The fourth-order valence-electron chi connectivity index (χ4n) is 2.56. The largest absolute Gasteiger partial charge is 0.366 e. The van der Waals surface area contributed by atoms with E-state index >= 15 is 0 Å². The first kappa shape index (κ1) is 17.8. The number of aromatic nitrogens is 2. The summed E-state index contributed by atoms with van der Waals surface area (Å²) in [5, 5.41) is 3.16. The molecule has 0 radical (unpaired) electrons. The zero-order valence-corrected chi connectivity index (χ0v) is 14.8. The highest BCUT2D eigenvalue weighted by Gasteiger charge is 2.14. The predicted octanol–water partition coefficient (Wildman–Crippen LogP) is 3.27. The lowest BCUT2D eigenvalue weighted by Crippen LogP contribution is -2.13. The summed E-state index contributed by atoms with van der Waals surface area (Å²) in [5.41, 5.74) is 7.50. The molecule has 7 heteroatoms. The summed E-state index contributed by atoms with van der Waals surface area (Å²) in [6.45, 7) is 0. The lowest BCUT2D eigenvalue weighted by atomic mass is 10.1. The van der Waals surface area contributed by atoms with Gasteiger partial charge in [0.05, 0.1) is 5.56 Å². The number of nitrogens with zero attached hydrogens (tertiary/aromatic N) is 2. The molecule has 3 aromatic rings. The van der Waals surface area contributed by atoms with Crippen LogP contribution in [0, 0.1) is 0 Å². The molecule has 0 bridgehead atoms. The van der Waals surface area contributed by atoms with Crippen LogP contribution in [0.3, 0.4) is 0 Å². The second kappa shape index (κ2) is 8.35. The van der Waals surface area contributed by atoms with Gasteiger partial charge in [0.25, 0.3) is 0 Å². The van der Waals surface area contributed by atoms with Crippen LogP contribution in [0.2, 0.25) is 0 Å². The Balaban J connectivity index is 1.58. The number of benzene rings is 2. The van der Waals surface area contributed by atoms with Crippen molar-refractivity contribution in [2.45, 2.75) is 19.3 Å². The van der Waals surface area contributed by atoms with E-state index in [0.717, 1.165) is 24.4 Å². The lowest BCUT2D eigenvalue weighted by Gasteiger charge is -2.03. The van der Waals surface area contributed by atoms with E-state index in [2.05, 4.69) is 14.7 Å². The van der Waals surface area contributed by atoms with Crippen molar-refractivity contribution in [1.29, 1.82) is 0 Å². The molecule has 0 atom stereocenters. The highest BCUT2D eigenvalue weighted by Crippen LogP contribution is 2.24. The Bertz CT molecular complexity index is 909. The van der Waals surface area contributed by atoms with Gasteiger partial charge >= 0.3 is 0 Å². The van der Waals surface area contributed by atoms with Gasteiger partial charge in [-0.3, -0.25) is 9.59 Å². The number of rotatable bonds is 7. The first-order chi connectivity index (χ1) is 12.6. The fraction of sp³-hybridized carbons (Fsp3) is 0.158. The molecule has 1 heterocycles. The molecule has 2 aromatic carbocycles. The Labute approximate surface area is 155 Å². The molecular weight excluding hydrogens is 348 g/mol. The summed E-state index contributed by atoms with van der Waals surface area (Å²) in [6, 6.07) is 16.9. The molecule has 132 valence electrons. The van der Waals surface area contributed by atoms with Crippen molar-refractivity contribution in [3.8, 4) is 11.4 Å². The molecule has 0 aliphatic heterocycles. The molecule has 6 nitrogen and oxygen atoms in total. The summed E-state index contributed by atoms with van der Waals surface area (Å²) in [7, 11) is 0. The second-order valence-corrected chi connectivity index (χ2v) is 6.47. The van der Waals surface area contributed by atoms with Gasteiger partial charge in [-0.2, -0.15) is 9.36 Å². The topological polar surface area (TPSA) is 98.0 Å². The first-order valence-electron chi connectivity index (χ1n) is 8.20. The van der Waals surface area contributed by atoms with E-state index in [0.29, 0.717) is 28.5 Å². The Kier molecular flexibility index (Phi) is 5.70. The number of hydrogen-bond acceptors (Lipinski definition) is 5. The molecule has 1 aromatic heterocycles. The maximum atomic E-state index is 12.1. The van der Waals surface area contributed by atoms with Gasteiger partial charge in [0.2, 0.25) is 16.9 Å². The van der Waals surface area contributed by atoms with Crippen molar-refractivity contribution in [2.75, 3.05) is 5.32 Å². The number of primary amides is 1. The highest BCUT2D eigenvalue weighted by molar-refractivity contribution is 7.10. The lowest BCUT2D eigenvalue weighted by molar-refractivity contribution is -0.116. The quantitative estimate of drug-likeness (QED) is 0.670. The number of aryl methyl sites for hydroxylation is 1. The van der Waals surface area contributed by atoms with E-state index in [1.165, 1.54) is 5.56 Å². The van der Waals surface area contributed by atoms with E-state index in [9.17, 15) is 9.59 Å². The fourth-order valence-corrected chi connectivity index (χ4v) is 3.16. The van der Waals surface area contributed by atoms with Crippen LogP contribution in [-0.2, 0) is 11.2 Å². The standard InChI is InChI=1S/C19H18N4O2S/c20-17(25)14-10-4-5-11-15(14)18-22-19(26-23-18)21-16(24)12-6-9-13-7-2-1-3-8-13/h1-5,7-8,10-11H,6,9,12H2,(H2,20,25)(H,21,22,23,24). The molecule has 0 aliphatic carbocycles. The third-order valence-corrected chi connectivity index (χ3v) is 4.45. The smallest absolute Gasteiger partial charge is 0.249 e. The average Bonchev–Trinajstić information content (AvgIpc) is 3.11. The van der Waals surface area contributed by atoms with Crippen LogP contribution >= 0.6 is 11.5 Å². The van der Waals surface area contributed by atoms with Gasteiger partial charge in [0.15, 0.2) is 5.82 Å². The molecule has 2 amide bonds. The SMILES string of the molecule is NC(=O)c1ccccc1-c1nsc(NC(=O)CCCc2ccccc2)n1. The summed E-state index contributed by atoms with van der Waals surface area (Å²) in [6.07, 6.45) is 2.01. The van der Waals surface area contributed by atoms with Crippen molar-refractivity contribution >= 4 is 28.5 Å². The summed E-state index contributed by atoms with van der Waals surface area (Å²) in [5.74, 6) is -0.266. The minimum atomic E-state index is -0.540. The van der Waals surface area contributed by atoms with Crippen LogP contribution in [0.25, 0.3) is 11.4 Å². The third kappa shape index (κ3) is 4.52. The molecule has 0 unspecified atom stereocenters. The molecule has 3 N–H and O–H groups in total. The second-order valence-electron chi connectivity index (χ2n) is 5.72. The van der Waals surface area contributed by atoms with Crippen LogP contribution in [0.1, 0.15) is 28.8 Å². The van der Waals surface area contributed by atoms with Gasteiger partial charge in [0, 0.05) is 23.5 Å². The van der Waals surface area contributed by atoms with E-state index in [-0.39, 0.29) is 5.91 Å². The van der Waals surface area contributed by atoms with E-state index < -0.39 is 5.91 Å². The molecule has 0 saturated carbocycles. The summed E-state index contributed by atoms with van der Waals surface area (Å²) < 4.78 is 4.22. The van der Waals surface area contributed by atoms with Crippen molar-refractivity contribution in [2.24, 2.45) is 5.73 Å². The summed E-state index contributed by atoms with van der Waals surface area (Å²) in [4.78, 5) is 27.9. The number of carbonyl (C=O) groups excluding carboxylic acids is 2. The van der Waals surface area contributed by atoms with Crippen LogP contribution in [0.4, 0.5) is 5.13 Å². The number of nitrogens with one attached hydrogen (secondary N) is 1. The average molecular weight is 366 g/mol. The zero-order valence-electron chi connectivity index (χ0n) is 14.0. The van der Waals surface area contributed by atoms with Crippen molar-refractivity contribution in [1.82, 2.24) is 9.36 Å². The molecule has 3 rings (SSSR count). The van der Waals surface area contributed by atoms with Gasteiger partial charge < -0.3 is 11.1 Å². The number of amides is 2. The maximum absolute atomic E-state index is 12.1. The molecule has 0 aliphatic rings. The molecule has 26 heavy (non-hydrogen) atoms. The monoisotopic (exact) mass is 366 g/mol. The van der Waals surface area contributed by atoms with E-state index in [1.54, 1.807) is 24.3 Å². The van der Waals surface area contributed by atoms with Crippen LogP contribution < -0.4 is 11.1 Å². The first-order valence-corrected chi connectivity index (χ1v) is 8.97. The van der Waals surface area contributed by atoms with Gasteiger partial charge in [-0.25, -0.2) is 0 Å². The predicted molar refractivity (Wildman–Crippen MR) is 102 cm³/mol. The number of carbonyl (C=O) groups is 2. The molecule has 0 spiro atoms. The maximum Gasteiger partial charge on any atom is 0.249 e. The molecule has 0 fully saturated rings. The Morgan fingerprint density at radius 2 is 1.77 bits per heavy atom. The van der Waals surface area contributed by atoms with Gasteiger partial charge in [0.1, 0.15) is 0 Å². The number of hydrogen-bond donors (Lipinski definition) is 2. The third-order valence-electron chi connectivity index (χ3n) is 3.82. The Morgan fingerprint density at radius 3 is 2.54 bits per heavy atom. The molecule has 0 saturated heterocycles. The number of anilines is 1. The highest BCUT2D eigenvalue weighted by atomic mass is 32.1. The zero-order chi connectivity index (χ0) is 18.4. The van der Waals surface area contributed by atoms with Gasteiger partial charge in [-0.1, -0.05) is 48.5 Å². The van der Waals surface area contributed by atoms with Crippen LogP contribution in [0.5, 0.6) is 0 Å². The Hall–Kier alpha value is -3.06. The van der Waals surface area contributed by atoms with Crippen LogP contribution in [0.15, 0.2) is 54.6 Å². The van der Waals surface area contributed by atoms with Crippen molar-refractivity contribution in [3.05, 3.63) is 65.7 Å². The van der Waals surface area contributed by atoms with Crippen molar-refractivity contribution in [3.63, 3.8) is 0 Å². The summed E-state index contributed by atoms with van der Waals surface area (Å²) >= 11 is 1.08. The van der Waals surface area contributed by atoms with Crippen molar-refractivity contribution < 1.29 is 9.59 Å². The van der Waals surface area contributed by atoms with Gasteiger partial charge in [-0.15, -0.1) is 0 Å². The molecular formula is C19H18N4O2S.